The van der Waals surface area contributed by atoms with Crippen molar-refractivity contribution in [2.75, 3.05) is 7.11 Å². The SMILES string of the molecule is COc1ccc2c(c1)CC[C@@H]1[C@H]3CC[C@H](O)[C@]3(C)CC[C@@H]21. The number of aryl methyl sites for hydroxylation is 1. The highest BCUT2D eigenvalue weighted by molar-refractivity contribution is 5.40. The van der Waals surface area contributed by atoms with Gasteiger partial charge in [-0.3, -0.25) is 0 Å². The molecule has 0 amide bonds. The molecule has 0 aliphatic heterocycles. The summed E-state index contributed by atoms with van der Waals surface area (Å²) in [6, 6.07) is 6.67. The number of methoxy groups -OCH3 is 1. The van der Waals surface area contributed by atoms with Gasteiger partial charge in [0.25, 0.3) is 0 Å². The molecule has 0 unspecified atom stereocenters. The minimum atomic E-state index is -0.0688. The normalized spacial score (nSPS) is 41.1. The molecule has 1 aromatic carbocycles. The van der Waals surface area contributed by atoms with Crippen molar-refractivity contribution >= 4 is 0 Å². The van der Waals surface area contributed by atoms with E-state index in [0.717, 1.165) is 24.0 Å². The molecule has 2 heteroatoms. The van der Waals surface area contributed by atoms with E-state index in [9.17, 15) is 5.11 Å². The van der Waals surface area contributed by atoms with E-state index >= 15 is 0 Å². The molecule has 0 saturated heterocycles. The Labute approximate surface area is 127 Å². The van der Waals surface area contributed by atoms with Gasteiger partial charge in [-0.15, -0.1) is 0 Å². The fourth-order valence-corrected chi connectivity index (χ4v) is 5.66. The lowest BCUT2D eigenvalue weighted by Crippen LogP contribution is -2.43. The summed E-state index contributed by atoms with van der Waals surface area (Å²) in [4.78, 5) is 0. The van der Waals surface area contributed by atoms with Gasteiger partial charge in [-0.1, -0.05) is 13.0 Å². The molecule has 5 atom stereocenters. The Balaban J connectivity index is 1.68. The zero-order valence-electron chi connectivity index (χ0n) is 13.1. The Bertz CT molecular complexity index is 552. The van der Waals surface area contributed by atoms with Crippen LogP contribution >= 0.6 is 0 Å². The Kier molecular flexibility index (Phi) is 3.08. The Morgan fingerprint density at radius 1 is 1.19 bits per heavy atom. The van der Waals surface area contributed by atoms with Gasteiger partial charge in [0, 0.05) is 0 Å². The predicted molar refractivity (Wildman–Crippen MR) is 83.6 cm³/mol. The molecule has 2 saturated carbocycles. The number of ether oxygens (including phenoxy) is 1. The van der Waals surface area contributed by atoms with Gasteiger partial charge < -0.3 is 9.84 Å². The molecule has 0 spiro atoms. The first-order chi connectivity index (χ1) is 10.1. The summed E-state index contributed by atoms with van der Waals surface area (Å²) in [7, 11) is 1.75. The highest BCUT2D eigenvalue weighted by atomic mass is 16.5. The second-order valence-corrected chi connectivity index (χ2v) is 7.62. The van der Waals surface area contributed by atoms with E-state index in [2.05, 4.69) is 25.1 Å². The first-order valence-corrected chi connectivity index (χ1v) is 8.48. The monoisotopic (exact) mass is 286 g/mol. The van der Waals surface area contributed by atoms with Crippen LogP contribution in [-0.4, -0.2) is 18.3 Å². The molecule has 0 aromatic heterocycles. The van der Waals surface area contributed by atoms with Crippen LogP contribution in [0.2, 0.25) is 0 Å². The van der Waals surface area contributed by atoms with Gasteiger partial charge in [-0.05, 0) is 85.0 Å². The molecular formula is C19H26O2. The average molecular weight is 286 g/mol. The quantitative estimate of drug-likeness (QED) is 0.848. The van der Waals surface area contributed by atoms with Gasteiger partial charge in [0.05, 0.1) is 13.2 Å². The van der Waals surface area contributed by atoms with Crippen LogP contribution < -0.4 is 4.74 Å². The summed E-state index contributed by atoms with van der Waals surface area (Å²) in [5, 5.41) is 10.4. The summed E-state index contributed by atoms with van der Waals surface area (Å²) in [6.45, 7) is 2.34. The maximum absolute atomic E-state index is 10.4. The Morgan fingerprint density at radius 2 is 2.05 bits per heavy atom. The lowest BCUT2D eigenvalue weighted by atomic mass is 9.55. The van der Waals surface area contributed by atoms with Crippen molar-refractivity contribution in [1.29, 1.82) is 0 Å². The lowest BCUT2D eigenvalue weighted by molar-refractivity contribution is -0.0226. The van der Waals surface area contributed by atoms with Crippen molar-refractivity contribution in [3.05, 3.63) is 29.3 Å². The van der Waals surface area contributed by atoms with E-state index in [4.69, 9.17) is 4.74 Å². The molecule has 2 nitrogen and oxygen atoms in total. The number of benzene rings is 1. The van der Waals surface area contributed by atoms with Crippen LogP contribution in [0.1, 0.15) is 56.1 Å². The summed E-state index contributed by atoms with van der Waals surface area (Å²) < 4.78 is 5.38. The largest absolute Gasteiger partial charge is 0.497 e. The number of aliphatic hydroxyl groups excluding tert-OH is 1. The van der Waals surface area contributed by atoms with Crippen molar-refractivity contribution < 1.29 is 9.84 Å². The fraction of sp³-hybridized carbons (Fsp3) is 0.684. The number of fused-ring (bicyclic) bond motifs is 5. The highest BCUT2D eigenvalue weighted by Gasteiger charge is 2.54. The van der Waals surface area contributed by atoms with Crippen LogP contribution in [0, 0.1) is 17.3 Å². The van der Waals surface area contributed by atoms with Gasteiger partial charge >= 0.3 is 0 Å². The summed E-state index contributed by atoms with van der Waals surface area (Å²) in [6.07, 6.45) is 7.07. The molecule has 1 N–H and O–H groups in total. The van der Waals surface area contributed by atoms with E-state index in [1.54, 1.807) is 12.7 Å². The van der Waals surface area contributed by atoms with Gasteiger partial charge in [0.1, 0.15) is 5.75 Å². The van der Waals surface area contributed by atoms with Crippen molar-refractivity contribution in [1.82, 2.24) is 0 Å². The zero-order valence-corrected chi connectivity index (χ0v) is 13.1. The van der Waals surface area contributed by atoms with Crippen LogP contribution in [0.3, 0.4) is 0 Å². The second-order valence-electron chi connectivity index (χ2n) is 7.62. The molecule has 21 heavy (non-hydrogen) atoms. The smallest absolute Gasteiger partial charge is 0.119 e. The molecular weight excluding hydrogens is 260 g/mol. The standard InChI is InChI=1S/C19H26O2/c1-19-10-9-15-14-6-4-13(21-2)11-12(14)3-5-16(15)17(19)7-8-18(19)20/h4,6,11,15-18,20H,3,5,7-10H2,1-2H3/t15-,16-,17+,18-,19+/m0/s1. The van der Waals surface area contributed by atoms with Gasteiger partial charge in [-0.2, -0.15) is 0 Å². The third kappa shape index (κ3) is 1.88. The topological polar surface area (TPSA) is 29.5 Å². The van der Waals surface area contributed by atoms with Crippen LogP contribution in [0.4, 0.5) is 0 Å². The third-order valence-corrected chi connectivity index (χ3v) is 6.88. The first kappa shape index (κ1) is 13.6. The summed E-state index contributed by atoms with van der Waals surface area (Å²) >= 11 is 0. The molecule has 3 aliphatic carbocycles. The molecule has 4 rings (SSSR count). The average Bonchev–Trinajstić information content (AvgIpc) is 2.82. The zero-order chi connectivity index (χ0) is 14.6. The molecule has 0 bridgehead atoms. The van der Waals surface area contributed by atoms with Gasteiger partial charge in [-0.25, -0.2) is 0 Å². The first-order valence-electron chi connectivity index (χ1n) is 8.48. The maximum atomic E-state index is 10.4. The van der Waals surface area contributed by atoms with Gasteiger partial charge in [0.2, 0.25) is 0 Å². The summed E-state index contributed by atoms with van der Waals surface area (Å²) in [5.41, 5.74) is 3.25. The molecule has 114 valence electrons. The maximum Gasteiger partial charge on any atom is 0.119 e. The predicted octanol–water partition coefficient (Wildman–Crippen LogP) is 3.91. The van der Waals surface area contributed by atoms with Crippen LogP contribution in [0.25, 0.3) is 0 Å². The highest BCUT2D eigenvalue weighted by Crippen LogP contribution is 2.60. The second kappa shape index (κ2) is 4.74. The van der Waals surface area contributed by atoms with Crippen molar-refractivity contribution in [2.45, 2.75) is 57.5 Å². The van der Waals surface area contributed by atoms with Crippen molar-refractivity contribution in [3.8, 4) is 5.75 Å². The molecule has 2 fully saturated rings. The number of aliphatic hydroxyl groups is 1. The lowest BCUT2D eigenvalue weighted by Gasteiger charge is -2.50. The van der Waals surface area contributed by atoms with Crippen LogP contribution in [0.5, 0.6) is 5.75 Å². The Morgan fingerprint density at radius 3 is 2.86 bits per heavy atom. The number of rotatable bonds is 1. The van der Waals surface area contributed by atoms with E-state index < -0.39 is 0 Å². The summed E-state index contributed by atoms with van der Waals surface area (Å²) in [5.74, 6) is 3.20. The molecule has 0 heterocycles. The van der Waals surface area contributed by atoms with Crippen LogP contribution in [-0.2, 0) is 6.42 Å². The van der Waals surface area contributed by atoms with E-state index in [0.29, 0.717) is 5.92 Å². The third-order valence-electron chi connectivity index (χ3n) is 6.88. The van der Waals surface area contributed by atoms with Crippen molar-refractivity contribution in [2.24, 2.45) is 17.3 Å². The number of hydrogen-bond donors (Lipinski definition) is 1. The fourth-order valence-electron chi connectivity index (χ4n) is 5.66. The van der Waals surface area contributed by atoms with E-state index in [1.165, 1.54) is 37.7 Å². The van der Waals surface area contributed by atoms with Crippen LogP contribution in [0.15, 0.2) is 18.2 Å². The minimum absolute atomic E-state index is 0.0688. The van der Waals surface area contributed by atoms with Gasteiger partial charge in [0.15, 0.2) is 0 Å². The van der Waals surface area contributed by atoms with Crippen molar-refractivity contribution in [3.63, 3.8) is 0 Å². The Hall–Kier alpha value is -1.02. The molecule has 1 aromatic rings. The molecule has 0 radical (unpaired) electrons. The van der Waals surface area contributed by atoms with E-state index in [1.807, 2.05) is 0 Å². The van der Waals surface area contributed by atoms with E-state index in [-0.39, 0.29) is 11.5 Å². The number of hydrogen-bond acceptors (Lipinski definition) is 2. The molecule has 3 aliphatic rings. The minimum Gasteiger partial charge on any atom is -0.497 e.